The minimum atomic E-state index is -0.562. The number of carbonyl (C=O) groups is 1. The fourth-order valence-electron chi connectivity index (χ4n) is 3.34. The SMILES string of the molecule is Cc1cc(C(C)(C)C)c(Cl)cc1-c1cc(=O)c([C@H]2CNC(=O)O2)c(C)[nH]1. The molecule has 2 aromatic rings. The molecule has 0 unspecified atom stereocenters. The molecule has 1 aliphatic rings. The number of pyridine rings is 1. The number of amides is 1. The fraction of sp³-hybridized carbons (Fsp3) is 0.400. The lowest BCUT2D eigenvalue weighted by atomic mass is 9.85. The Balaban J connectivity index is 2.07. The number of halogens is 1. The summed E-state index contributed by atoms with van der Waals surface area (Å²) in [6.07, 6.45) is -1.06. The van der Waals surface area contributed by atoms with E-state index < -0.39 is 12.2 Å². The summed E-state index contributed by atoms with van der Waals surface area (Å²) in [7, 11) is 0. The summed E-state index contributed by atoms with van der Waals surface area (Å²) in [6, 6.07) is 5.52. The zero-order valence-electron chi connectivity index (χ0n) is 15.6. The van der Waals surface area contributed by atoms with Gasteiger partial charge in [0.1, 0.15) is 0 Å². The summed E-state index contributed by atoms with van der Waals surface area (Å²) >= 11 is 6.51. The highest BCUT2D eigenvalue weighted by molar-refractivity contribution is 6.31. The van der Waals surface area contributed by atoms with E-state index in [0.717, 1.165) is 16.7 Å². The Bertz CT molecular complexity index is 941. The number of rotatable bonds is 2. The molecule has 1 atom stereocenters. The van der Waals surface area contributed by atoms with Gasteiger partial charge in [0, 0.05) is 28.0 Å². The quantitative estimate of drug-likeness (QED) is 0.818. The number of ether oxygens (including phenoxy) is 1. The van der Waals surface area contributed by atoms with E-state index in [9.17, 15) is 9.59 Å². The number of aryl methyl sites for hydroxylation is 2. The van der Waals surface area contributed by atoms with Gasteiger partial charge < -0.3 is 15.0 Å². The Morgan fingerprint density at radius 3 is 2.38 bits per heavy atom. The van der Waals surface area contributed by atoms with E-state index in [-0.39, 0.29) is 10.8 Å². The number of aromatic nitrogens is 1. The maximum absolute atomic E-state index is 12.7. The molecular formula is C20H23ClN2O3. The minimum absolute atomic E-state index is 0.0626. The first-order valence-corrected chi connectivity index (χ1v) is 8.95. The van der Waals surface area contributed by atoms with Crippen LogP contribution < -0.4 is 10.7 Å². The molecule has 3 rings (SSSR count). The molecule has 5 nitrogen and oxygen atoms in total. The van der Waals surface area contributed by atoms with Crippen LogP contribution >= 0.6 is 11.6 Å². The van der Waals surface area contributed by atoms with Crippen molar-refractivity contribution in [3.05, 3.63) is 55.8 Å². The van der Waals surface area contributed by atoms with Gasteiger partial charge >= 0.3 is 6.09 Å². The van der Waals surface area contributed by atoms with Crippen molar-refractivity contribution in [3.8, 4) is 11.3 Å². The Morgan fingerprint density at radius 1 is 1.15 bits per heavy atom. The van der Waals surface area contributed by atoms with E-state index in [4.69, 9.17) is 16.3 Å². The zero-order valence-corrected chi connectivity index (χ0v) is 16.4. The van der Waals surface area contributed by atoms with Gasteiger partial charge in [-0.3, -0.25) is 4.79 Å². The molecule has 138 valence electrons. The smallest absolute Gasteiger partial charge is 0.407 e. The predicted octanol–water partition coefficient (Wildman–Crippen LogP) is 4.39. The van der Waals surface area contributed by atoms with Gasteiger partial charge in [0.15, 0.2) is 11.5 Å². The maximum atomic E-state index is 12.7. The number of H-pyrrole nitrogens is 1. The third-order valence-corrected chi connectivity index (χ3v) is 5.00. The molecule has 1 aliphatic heterocycles. The van der Waals surface area contributed by atoms with Crippen LogP contribution in [0.5, 0.6) is 0 Å². The number of carbonyl (C=O) groups excluding carboxylic acids is 1. The lowest BCUT2D eigenvalue weighted by Crippen LogP contribution is -2.19. The monoisotopic (exact) mass is 374 g/mol. The summed E-state index contributed by atoms with van der Waals surface area (Å²) in [5, 5.41) is 3.25. The van der Waals surface area contributed by atoms with Crippen molar-refractivity contribution in [1.29, 1.82) is 0 Å². The molecule has 0 radical (unpaired) electrons. The fourth-order valence-corrected chi connectivity index (χ4v) is 3.79. The van der Waals surface area contributed by atoms with E-state index in [0.29, 0.717) is 28.5 Å². The molecule has 1 aromatic heterocycles. The van der Waals surface area contributed by atoms with Gasteiger partial charge in [0.05, 0.1) is 12.1 Å². The van der Waals surface area contributed by atoms with Gasteiger partial charge in [-0.05, 0) is 36.5 Å². The second kappa shape index (κ2) is 6.47. The largest absolute Gasteiger partial charge is 0.439 e. The van der Waals surface area contributed by atoms with Crippen LogP contribution in [-0.4, -0.2) is 17.6 Å². The minimum Gasteiger partial charge on any atom is -0.439 e. The molecule has 1 aromatic carbocycles. The van der Waals surface area contributed by atoms with Crippen LogP contribution in [0.1, 0.15) is 49.3 Å². The molecule has 26 heavy (non-hydrogen) atoms. The maximum Gasteiger partial charge on any atom is 0.407 e. The second-order valence-corrected chi connectivity index (χ2v) is 8.16. The van der Waals surface area contributed by atoms with Crippen LogP contribution in [-0.2, 0) is 10.2 Å². The zero-order chi connectivity index (χ0) is 19.2. The third-order valence-electron chi connectivity index (χ3n) is 4.68. The van der Waals surface area contributed by atoms with Crippen molar-refractivity contribution in [2.24, 2.45) is 0 Å². The first-order chi connectivity index (χ1) is 12.1. The number of nitrogens with one attached hydrogen (secondary N) is 2. The van der Waals surface area contributed by atoms with Crippen LogP contribution in [0.2, 0.25) is 5.02 Å². The second-order valence-electron chi connectivity index (χ2n) is 7.76. The Hall–Kier alpha value is -2.27. The van der Waals surface area contributed by atoms with Crippen LogP contribution in [0.25, 0.3) is 11.3 Å². The van der Waals surface area contributed by atoms with Crippen LogP contribution in [0.4, 0.5) is 4.79 Å². The molecule has 1 saturated heterocycles. The van der Waals surface area contributed by atoms with Crippen molar-refractivity contribution in [3.63, 3.8) is 0 Å². The van der Waals surface area contributed by atoms with Crippen molar-refractivity contribution in [2.45, 2.75) is 46.1 Å². The van der Waals surface area contributed by atoms with Gasteiger partial charge in [0.25, 0.3) is 0 Å². The molecule has 1 amide bonds. The number of hydrogen-bond acceptors (Lipinski definition) is 3. The molecule has 0 spiro atoms. The van der Waals surface area contributed by atoms with E-state index in [1.54, 1.807) is 6.07 Å². The van der Waals surface area contributed by atoms with E-state index in [1.165, 1.54) is 0 Å². The van der Waals surface area contributed by atoms with Crippen LogP contribution in [0.3, 0.4) is 0 Å². The summed E-state index contributed by atoms with van der Waals surface area (Å²) in [5.74, 6) is 0. The summed E-state index contributed by atoms with van der Waals surface area (Å²) < 4.78 is 5.16. The standard InChI is InChI=1S/C20H23ClN2O3/c1-10-6-13(20(3,4)5)14(21)7-12(10)15-8-16(24)18(11(2)23-15)17-9-22-19(25)26-17/h6-8,17H,9H2,1-5H3,(H,22,25)(H,23,24)/t17-/m1/s1. The van der Waals surface area contributed by atoms with Gasteiger partial charge in [-0.2, -0.15) is 0 Å². The van der Waals surface area contributed by atoms with Crippen LogP contribution in [0.15, 0.2) is 23.0 Å². The predicted molar refractivity (Wildman–Crippen MR) is 103 cm³/mol. The van der Waals surface area contributed by atoms with Crippen molar-refractivity contribution < 1.29 is 9.53 Å². The average molecular weight is 375 g/mol. The van der Waals surface area contributed by atoms with Gasteiger partial charge in [0.2, 0.25) is 0 Å². The molecule has 0 aliphatic carbocycles. The highest BCUT2D eigenvalue weighted by Gasteiger charge is 2.28. The molecule has 0 bridgehead atoms. The number of hydrogen-bond donors (Lipinski definition) is 2. The highest BCUT2D eigenvalue weighted by atomic mass is 35.5. The first-order valence-electron chi connectivity index (χ1n) is 8.57. The van der Waals surface area contributed by atoms with Gasteiger partial charge in [-0.1, -0.05) is 38.4 Å². The Labute approximate surface area is 157 Å². The number of alkyl carbamates (subject to hydrolysis) is 1. The average Bonchev–Trinajstić information content (AvgIpc) is 2.93. The van der Waals surface area contributed by atoms with Gasteiger partial charge in [-0.25, -0.2) is 4.79 Å². The lowest BCUT2D eigenvalue weighted by Gasteiger charge is -2.23. The highest BCUT2D eigenvalue weighted by Crippen LogP contribution is 2.35. The molecular weight excluding hydrogens is 352 g/mol. The summed E-state index contributed by atoms with van der Waals surface area (Å²) in [4.78, 5) is 27.2. The molecule has 2 heterocycles. The summed E-state index contributed by atoms with van der Waals surface area (Å²) in [6.45, 7) is 10.5. The van der Waals surface area contributed by atoms with E-state index >= 15 is 0 Å². The van der Waals surface area contributed by atoms with Crippen molar-refractivity contribution in [1.82, 2.24) is 10.3 Å². The molecule has 0 saturated carbocycles. The van der Waals surface area contributed by atoms with Crippen molar-refractivity contribution in [2.75, 3.05) is 6.54 Å². The van der Waals surface area contributed by atoms with Crippen molar-refractivity contribution >= 4 is 17.7 Å². The van der Waals surface area contributed by atoms with Crippen LogP contribution in [0, 0.1) is 13.8 Å². The molecule has 6 heteroatoms. The number of aromatic amines is 1. The van der Waals surface area contributed by atoms with E-state index in [1.807, 2.05) is 19.9 Å². The molecule has 2 N–H and O–H groups in total. The van der Waals surface area contributed by atoms with E-state index in [2.05, 4.69) is 37.1 Å². The number of cyclic esters (lactones) is 1. The first kappa shape index (κ1) is 18.5. The lowest BCUT2D eigenvalue weighted by molar-refractivity contribution is 0.140. The Kier molecular flexibility index (Phi) is 4.61. The number of benzene rings is 1. The van der Waals surface area contributed by atoms with Gasteiger partial charge in [-0.15, -0.1) is 0 Å². The molecule has 1 fully saturated rings. The topological polar surface area (TPSA) is 71.2 Å². The normalized spacial score (nSPS) is 17.2. The summed E-state index contributed by atoms with van der Waals surface area (Å²) in [5.41, 5.74) is 4.63. The third kappa shape index (κ3) is 3.36. The Morgan fingerprint density at radius 2 is 1.85 bits per heavy atom.